The van der Waals surface area contributed by atoms with Gasteiger partial charge in [-0.25, -0.2) is 4.68 Å². The Morgan fingerprint density at radius 3 is 2.57 bits per heavy atom. The Kier molecular flexibility index (Phi) is 6.91. The number of nitrogens with one attached hydrogen (secondary N) is 1. The maximum Gasteiger partial charge on any atom is 0.321 e. The summed E-state index contributed by atoms with van der Waals surface area (Å²) >= 11 is 0. The molecule has 1 N–H and O–H groups in total. The van der Waals surface area contributed by atoms with Crippen molar-refractivity contribution in [2.24, 2.45) is 5.92 Å². The minimum Gasteiger partial charge on any atom is -0.484 e. The van der Waals surface area contributed by atoms with E-state index in [9.17, 15) is 13.6 Å². The molecule has 0 saturated heterocycles. The van der Waals surface area contributed by atoms with Crippen LogP contribution in [0.3, 0.4) is 0 Å². The number of alkyl halides is 2. The lowest BCUT2D eigenvalue weighted by molar-refractivity contribution is -0.145. The van der Waals surface area contributed by atoms with Crippen LogP contribution in [-0.4, -0.2) is 46.1 Å². The number of carbonyl (C=O) groups excluding carboxylic acids is 1. The van der Waals surface area contributed by atoms with E-state index in [1.807, 2.05) is 86.4 Å². The van der Waals surface area contributed by atoms with E-state index in [4.69, 9.17) is 4.74 Å². The van der Waals surface area contributed by atoms with E-state index in [-0.39, 0.29) is 5.92 Å². The summed E-state index contributed by atoms with van der Waals surface area (Å²) in [6, 6.07) is 14.3. The first-order valence-electron chi connectivity index (χ1n) is 11.6. The number of aromatic nitrogens is 2. The van der Waals surface area contributed by atoms with Crippen LogP contribution in [0, 0.1) is 5.92 Å². The first-order valence-corrected chi connectivity index (χ1v) is 11.6. The summed E-state index contributed by atoms with van der Waals surface area (Å²) in [5.74, 6) is -4.42. The van der Waals surface area contributed by atoms with E-state index >= 15 is 0 Å². The van der Waals surface area contributed by atoms with Crippen molar-refractivity contribution in [1.29, 1.82) is 0 Å². The number of benzene rings is 2. The predicted octanol–water partition coefficient (Wildman–Crippen LogP) is 5.25. The van der Waals surface area contributed by atoms with Gasteiger partial charge in [0.25, 0.3) is 5.91 Å². The Balaban J connectivity index is 1.67. The van der Waals surface area contributed by atoms with Crippen LogP contribution in [0.25, 0.3) is 16.6 Å². The van der Waals surface area contributed by atoms with E-state index in [1.165, 1.54) is 0 Å². The van der Waals surface area contributed by atoms with Crippen molar-refractivity contribution in [2.45, 2.75) is 38.8 Å². The lowest BCUT2D eigenvalue weighted by Crippen LogP contribution is -2.49. The normalized spacial score (nSPS) is 15.7. The van der Waals surface area contributed by atoms with Gasteiger partial charge in [0.15, 0.2) is 0 Å². The minimum atomic E-state index is -3.49. The fraction of sp³-hybridized carbons (Fsp3) is 0.333. The highest BCUT2D eigenvalue weighted by Gasteiger charge is 2.37. The van der Waals surface area contributed by atoms with E-state index in [0.29, 0.717) is 12.7 Å². The second kappa shape index (κ2) is 9.90. The quantitative estimate of drug-likeness (QED) is 0.478. The Morgan fingerprint density at radius 2 is 1.91 bits per heavy atom. The lowest BCUT2D eigenvalue weighted by Gasteiger charge is -2.32. The van der Waals surface area contributed by atoms with Crippen LogP contribution >= 0.6 is 0 Å². The number of rotatable bonds is 8. The maximum absolute atomic E-state index is 13.7. The minimum absolute atomic E-state index is 0.167. The van der Waals surface area contributed by atoms with E-state index < -0.39 is 24.0 Å². The number of nitrogens with zero attached hydrogens (tertiary/aromatic N) is 3. The van der Waals surface area contributed by atoms with Crippen molar-refractivity contribution in [3.05, 3.63) is 78.6 Å². The molecule has 1 amide bonds. The molecule has 0 bridgehead atoms. The summed E-state index contributed by atoms with van der Waals surface area (Å²) in [6.07, 6.45) is 7.23. The van der Waals surface area contributed by atoms with Crippen molar-refractivity contribution >= 4 is 22.5 Å². The summed E-state index contributed by atoms with van der Waals surface area (Å²) in [7, 11) is 2.00. The molecule has 1 aromatic heterocycles. The predicted molar refractivity (Wildman–Crippen MR) is 133 cm³/mol. The van der Waals surface area contributed by atoms with Crippen LogP contribution in [0.1, 0.15) is 32.4 Å². The van der Waals surface area contributed by atoms with Crippen molar-refractivity contribution < 1.29 is 18.3 Å². The van der Waals surface area contributed by atoms with E-state index in [1.54, 1.807) is 6.20 Å². The molecule has 6 nitrogen and oxygen atoms in total. The second-order valence-corrected chi connectivity index (χ2v) is 9.25. The summed E-state index contributed by atoms with van der Waals surface area (Å²) in [4.78, 5) is 14.3. The van der Waals surface area contributed by atoms with Crippen LogP contribution in [0.15, 0.2) is 73.1 Å². The second-order valence-electron chi connectivity index (χ2n) is 9.25. The van der Waals surface area contributed by atoms with Gasteiger partial charge in [-0.05, 0) is 35.8 Å². The molecule has 1 aliphatic rings. The number of allylic oxidation sites excluding steroid dienone is 2. The number of carbonyl (C=O) groups is 1. The maximum atomic E-state index is 13.7. The highest BCUT2D eigenvalue weighted by molar-refractivity contribution is 5.84. The summed E-state index contributed by atoms with van der Waals surface area (Å²) in [5, 5.41) is 7.93. The smallest absolute Gasteiger partial charge is 0.321 e. The number of halogens is 2. The van der Waals surface area contributed by atoms with Gasteiger partial charge in [0.05, 0.1) is 23.5 Å². The molecule has 3 aromatic rings. The zero-order chi connectivity index (χ0) is 25.2. The Hall–Kier alpha value is -3.68. The Labute approximate surface area is 203 Å². The van der Waals surface area contributed by atoms with Gasteiger partial charge in [-0.15, -0.1) is 0 Å². The number of amides is 1. The number of fused-ring (bicyclic) bond motifs is 1. The van der Waals surface area contributed by atoms with Gasteiger partial charge in [-0.3, -0.25) is 4.79 Å². The third-order valence-corrected chi connectivity index (χ3v) is 5.95. The molecule has 8 heteroatoms. The molecule has 0 radical (unpaired) electrons. The first-order chi connectivity index (χ1) is 16.6. The number of hydrogen-bond acceptors (Lipinski definition) is 4. The van der Waals surface area contributed by atoms with Gasteiger partial charge in [0.1, 0.15) is 11.9 Å². The third kappa shape index (κ3) is 5.53. The van der Waals surface area contributed by atoms with Crippen LogP contribution in [0.5, 0.6) is 5.75 Å². The molecule has 0 unspecified atom stereocenters. The van der Waals surface area contributed by atoms with E-state index in [2.05, 4.69) is 21.4 Å². The van der Waals surface area contributed by atoms with Crippen LogP contribution in [0.4, 0.5) is 8.78 Å². The number of likely N-dealkylation sites (N-methyl/N-ethyl adjacent to an activating group) is 1. The molecule has 2 atom stereocenters. The average Bonchev–Trinajstić information content (AvgIpc) is 3.24. The molecule has 4 rings (SSSR count). The molecule has 1 aliphatic heterocycles. The molecular formula is C27H30F2N4O2. The van der Waals surface area contributed by atoms with Crippen molar-refractivity contribution in [1.82, 2.24) is 20.0 Å². The van der Waals surface area contributed by atoms with Crippen LogP contribution in [-0.2, 0) is 4.79 Å². The molecule has 2 heterocycles. The van der Waals surface area contributed by atoms with Gasteiger partial charge >= 0.3 is 5.92 Å². The third-order valence-electron chi connectivity index (χ3n) is 5.95. The van der Waals surface area contributed by atoms with Gasteiger partial charge in [-0.1, -0.05) is 50.3 Å². The zero-order valence-electron chi connectivity index (χ0n) is 20.3. The summed E-state index contributed by atoms with van der Waals surface area (Å²) in [6.45, 7) is 5.18. The lowest BCUT2D eigenvalue weighted by atomic mass is 9.92. The van der Waals surface area contributed by atoms with Crippen molar-refractivity contribution in [3.8, 4) is 5.75 Å². The largest absolute Gasteiger partial charge is 0.484 e. The Bertz CT molecular complexity index is 1250. The van der Waals surface area contributed by atoms with Crippen molar-refractivity contribution in [2.75, 3.05) is 13.6 Å². The topological polar surface area (TPSA) is 59.4 Å². The average molecular weight is 481 g/mol. The zero-order valence-corrected chi connectivity index (χ0v) is 20.3. The van der Waals surface area contributed by atoms with Gasteiger partial charge < -0.3 is 15.0 Å². The summed E-state index contributed by atoms with van der Waals surface area (Å²) in [5.41, 5.74) is 2.65. The van der Waals surface area contributed by atoms with Gasteiger partial charge in [-0.2, -0.15) is 13.9 Å². The first kappa shape index (κ1) is 24.4. The highest BCUT2D eigenvalue weighted by Crippen LogP contribution is 2.31. The molecule has 0 saturated carbocycles. The van der Waals surface area contributed by atoms with Crippen molar-refractivity contribution in [3.63, 3.8) is 0 Å². The molecule has 35 heavy (non-hydrogen) atoms. The molecule has 0 aliphatic carbocycles. The number of hydrogen-bond donors (Lipinski definition) is 1. The molecule has 0 spiro atoms. The van der Waals surface area contributed by atoms with Gasteiger partial charge in [0.2, 0.25) is 0 Å². The standard InChI is InChI=1S/C27H30F2N4O2/c1-18(2)24(31-26(34)27(3,28)29)25(19-9-6-5-7-10-19)35-22-12-13-23-20(15-22)16-30-33(23)21-11-8-14-32(4)17-21/h5-13,15-18,24-25H,14H2,1-4H3,(H,31,34)/t24-,25+/m0/s1. The van der Waals surface area contributed by atoms with Crippen LogP contribution < -0.4 is 10.1 Å². The fourth-order valence-electron chi connectivity index (χ4n) is 4.08. The number of ether oxygens (including phenoxy) is 1. The highest BCUT2D eigenvalue weighted by atomic mass is 19.3. The molecule has 0 fully saturated rings. The molecule has 2 aromatic carbocycles. The monoisotopic (exact) mass is 480 g/mol. The Morgan fingerprint density at radius 1 is 1.17 bits per heavy atom. The SMILES string of the molecule is CC(C)[C@H](NC(=O)C(C)(F)F)[C@H](Oc1ccc2c(cnn2C2=CN(C)CC=C2)c1)c1ccccc1. The van der Waals surface area contributed by atoms with Crippen LogP contribution in [0.2, 0.25) is 0 Å². The summed E-state index contributed by atoms with van der Waals surface area (Å²) < 4.78 is 35.7. The molecule has 184 valence electrons. The molecular weight excluding hydrogens is 450 g/mol. The van der Waals surface area contributed by atoms with Gasteiger partial charge in [0, 0.05) is 32.1 Å². The fourth-order valence-corrected chi connectivity index (χ4v) is 4.08. The van der Waals surface area contributed by atoms with E-state index in [0.717, 1.165) is 28.7 Å².